The molecule has 61 heavy (non-hydrogen) atoms. The summed E-state index contributed by atoms with van der Waals surface area (Å²) < 4.78 is 21.3. The third-order valence-electron chi connectivity index (χ3n) is 9.71. The number of hydrogen-bond acceptors (Lipinski definition) is 12. The average molecular weight is 874 g/mol. The van der Waals surface area contributed by atoms with Crippen LogP contribution in [0.4, 0.5) is 0 Å². The molecule has 0 saturated heterocycles. The second kappa shape index (κ2) is 41.6. The van der Waals surface area contributed by atoms with Gasteiger partial charge in [-0.2, -0.15) is 0 Å². The summed E-state index contributed by atoms with van der Waals surface area (Å²) in [6.07, 6.45) is 18.0. The molecule has 4 amide bonds. The number of nitrogens with two attached hydrogens (primary N) is 1. The molecular weight excluding hydrogens is 794 g/mol. The summed E-state index contributed by atoms with van der Waals surface area (Å²) in [5, 5.41) is 28.8. The van der Waals surface area contributed by atoms with E-state index in [1.165, 1.54) is 44.9 Å². The van der Waals surface area contributed by atoms with Crippen LogP contribution in [0.5, 0.6) is 0 Å². The van der Waals surface area contributed by atoms with E-state index < -0.39 is 24.0 Å². The molecule has 0 fully saturated rings. The van der Waals surface area contributed by atoms with Crippen LogP contribution in [0.15, 0.2) is 0 Å². The van der Waals surface area contributed by atoms with E-state index in [4.69, 9.17) is 29.8 Å². The van der Waals surface area contributed by atoms with Gasteiger partial charge in [0.1, 0.15) is 25.0 Å². The van der Waals surface area contributed by atoms with Crippen molar-refractivity contribution in [3.05, 3.63) is 0 Å². The van der Waals surface area contributed by atoms with Crippen molar-refractivity contribution in [2.45, 2.75) is 160 Å². The summed E-state index contributed by atoms with van der Waals surface area (Å²) in [6.45, 7) is 3.82. The number of nitrogens with one attached hydrogen (secondary N) is 4. The number of ether oxygens (including phenoxy) is 4. The zero-order chi connectivity index (χ0) is 45.2. The Labute approximate surface area is 363 Å². The standard InChI is InChI=1S/C43H79N5O13/c1-2-37(49)35(44)19-17-18-24-45-40(52)33-60-31-30-59-28-26-47-41(53)34-61-32-29-58-27-25-46-38(50)23-22-36(43(56)57)48-39(51)20-15-13-11-9-7-5-3-4-6-8-10-12-14-16-21-42(54)55/h35-36H,2-34,44H2,1H3,(H,45,52)(H,46,50)(H,47,53)(H,48,51)(H,54,55)(H,56,57). The van der Waals surface area contributed by atoms with Gasteiger partial charge in [0.05, 0.1) is 45.7 Å². The van der Waals surface area contributed by atoms with Crippen molar-refractivity contribution in [2.75, 3.05) is 72.5 Å². The Morgan fingerprint density at radius 2 is 0.918 bits per heavy atom. The Morgan fingerprint density at radius 3 is 1.39 bits per heavy atom. The molecule has 0 aromatic rings. The number of carbonyl (C=O) groups excluding carboxylic acids is 5. The Balaban J connectivity index is 3.65. The maximum absolute atomic E-state index is 12.3. The number of carbonyl (C=O) groups is 7. The van der Waals surface area contributed by atoms with E-state index >= 15 is 0 Å². The number of amides is 4. The molecule has 0 aliphatic carbocycles. The van der Waals surface area contributed by atoms with Gasteiger partial charge in [-0.25, -0.2) is 4.79 Å². The van der Waals surface area contributed by atoms with E-state index in [1.54, 1.807) is 6.92 Å². The van der Waals surface area contributed by atoms with Crippen LogP contribution in [0.1, 0.15) is 148 Å². The monoisotopic (exact) mass is 874 g/mol. The molecule has 0 heterocycles. The molecule has 0 radical (unpaired) electrons. The highest BCUT2D eigenvalue weighted by Gasteiger charge is 2.21. The summed E-state index contributed by atoms with van der Waals surface area (Å²) in [5.41, 5.74) is 5.78. The van der Waals surface area contributed by atoms with Crippen LogP contribution in [0.3, 0.4) is 0 Å². The maximum atomic E-state index is 12.3. The zero-order valence-electron chi connectivity index (χ0n) is 37.0. The largest absolute Gasteiger partial charge is 0.481 e. The van der Waals surface area contributed by atoms with Gasteiger partial charge in [-0.1, -0.05) is 84.0 Å². The molecule has 0 aliphatic rings. The van der Waals surface area contributed by atoms with E-state index in [0.717, 1.165) is 51.4 Å². The Hall–Kier alpha value is -3.71. The fourth-order valence-corrected chi connectivity index (χ4v) is 6.11. The molecule has 2 atom stereocenters. The summed E-state index contributed by atoms with van der Waals surface area (Å²) in [5.74, 6) is -3.10. The second-order valence-corrected chi connectivity index (χ2v) is 15.1. The number of carboxylic acids is 2. The van der Waals surface area contributed by atoms with Crippen LogP contribution in [-0.2, 0) is 52.5 Å². The molecule has 8 N–H and O–H groups in total. The first-order valence-electron chi connectivity index (χ1n) is 22.6. The van der Waals surface area contributed by atoms with Crippen molar-refractivity contribution in [1.82, 2.24) is 21.3 Å². The van der Waals surface area contributed by atoms with Gasteiger partial charge >= 0.3 is 11.9 Å². The van der Waals surface area contributed by atoms with Crippen molar-refractivity contribution in [3.8, 4) is 0 Å². The fraction of sp³-hybridized carbons (Fsp3) is 0.837. The van der Waals surface area contributed by atoms with E-state index in [-0.39, 0.29) is 121 Å². The fourth-order valence-electron chi connectivity index (χ4n) is 6.11. The van der Waals surface area contributed by atoms with Gasteiger partial charge in [-0.3, -0.25) is 28.8 Å². The minimum absolute atomic E-state index is 0.0271. The van der Waals surface area contributed by atoms with E-state index in [2.05, 4.69) is 21.3 Å². The van der Waals surface area contributed by atoms with E-state index in [0.29, 0.717) is 25.8 Å². The van der Waals surface area contributed by atoms with Crippen LogP contribution in [0.25, 0.3) is 0 Å². The summed E-state index contributed by atoms with van der Waals surface area (Å²) in [4.78, 5) is 81.9. The number of hydrogen-bond donors (Lipinski definition) is 7. The second-order valence-electron chi connectivity index (χ2n) is 15.1. The molecule has 0 rings (SSSR count). The molecule has 18 heteroatoms. The number of unbranched alkanes of at least 4 members (excludes halogenated alkanes) is 14. The topological polar surface area (TPSA) is 271 Å². The van der Waals surface area contributed by atoms with Crippen LogP contribution in [-0.4, -0.2) is 136 Å². The van der Waals surface area contributed by atoms with Crippen LogP contribution in [0.2, 0.25) is 0 Å². The lowest BCUT2D eigenvalue weighted by molar-refractivity contribution is -0.142. The van der Waals surface area contributed by atoms with E-state index in [1.807, 2.05) is 0 Å². The highest BCUT2D eigenvalue weighted by Crippen LogP contribution is 2.14. The molecule has 354 valence electrons. The minimum atomic E-state index is -1.18. The SMILES string of the molecule is CCC(=O)C(N)CCCCNC(=O)COCCOCCNC(=O)COCCOCCNC(=O)CCC(NC(=O)CCCCCCCCCCCCCCCCC(=O)O)C(=O)O. The molecular formula is C43H79N5O13. The normalized spacial score (nSPS) is 12.0. The molecule has 2 unspecified atom stereocenters. The lowest BCUT2D eigenvalue weighted by atomic mass is 10.0. The first kappa shape index (κ1) is 57.3. The van der Waals surface area contributed by atoms with Crippen LogP contribution in [0, 0.1) is 0 Å². The van der Waals surface area contributed by atoms with Crippen molar-refractivity contribution in [3.63, 3.8) is 0 Å². The van der Waals surface area contributed by atoms with Crippen molar-refractivity contribution in [2.24, 2.45) is 5.73 Å². The number of ketones is 1. The predicted molar refractivity (Wildman–Crippen MR) is 230 cm³/mol. The quantitative estimate of drug-likeness (QED) is 0.0432. The maximum Gasteiger partial charge on any atom is 0.326 e. The van der Waals surface area contributed by atoms with Crippen LogP contribution >= 0.6 is 0 Å². The predicted octanol–water partition coefficient (Wildman–Crippen LogP) is 3.55. The zero-order valence-corrected chi connectivity index (χ0v) is 37.0. The molecule has 0 aromatic heterocycles. The molecule has 0 saturated carbocycles. The minimum Gasteiger partial charge on any atom is -0.481 e. The summed E-state index contributed by atoms with van der Waals surface area (Å²) in [6, 6.07) is -1.58. The first-order chi connectivity index (χ1) is 29.5. The third kappa shape index (κ3) is 40.1. The highest BCUT2D eigenvalue weighted by atomic mass is 16.5. The number of rotatable bonds is 45. The van der Waals surface area contributed by atoms with Gasteiger partial charge in [0.25, 0.3) is 0 Å². The Kier molecular flexibility index (Phi) is 39.1. The first-order valence-corrected chi connectivity index (χ1v) is 22.6. The smallest absolute Gasteiger partial charge is 0.326 e. The number of aliphatic carboxylic acids is 2. The van der Waals surface area contributed by atoms with Crippen molar-refractivity contribution >= 4 is 41.4 Å². The summed E-state index contributed by atoms with van der Waals surface area (Å²) in [7, 11) is 0. The molecule has 0 bridgehead atoms. The number of carboxylic acid groups (broad SMARTS) is 2. The Morgan fingerprint density at radius 1 is 0.475 bits per heavy atom. The van der Waals surface area contributed by atoms with Gasteiger partial charge < -0.3 is 56.2 Å². The molecule has 0 aliphatic heterocycles. The van der Waals surface area contributed by atoms with Gasteiger partial charge in [0, 0.05) is 45.3 Å². The van der Waals surface area contributed by atoms with Gasteiger partial charge in [-0.05, 0) is 38.5 Å². The van der Waals surface area contributed by atoms with E-state index in [9.17, 15) is 38.7 Å². The number of Topliss-reactive ketones (excluding diaryl/α,β-unsaturated/α-hetero) is 1. The van der Waals surface area contributed by atoms with Crippen molar-refractivity contribution < 1.29 is 62.7 Å². The molecule has 0 aromatic carbocycles. The van der Waals surface area contributed by atoms with Gasteiger partial charge in [-0.15, -0.1) is 0 Å². The Bertz CT molecular complexity index is 1190. The van der Waals surface area contributed by atoms with Gasteiger partial charge in [0.15, 0.2) is 0 Å². The van der Waals surface area contributed by atoms with Crippen molar-refractivity contribution in [1.29, 1.82) is 0 Å². The molecule has 18 nitrogen and oxygen atoms in total. The highest BCUT2D eigenvalue weighted by molar-refractivity contribution is 5.84. The third-order valence-corrected chi connectivity index (χ3v) is 9.71. The lowest BCUT2D eigenvalue weighted by Gasteiger charge is -2.14. The summed E-state index contributed by atoms with van der Waals surface area (Å²) >= 11 is 0. The average Bonchev–Trinajstić information content (AvgIpc) is 3.23. The van der Waals surface area contributed by atoms with Crippen LogP contribution < -0.4 is 27.0 Å². The lowest BCUT2D eigenvalue weighted by Crippen LogP contribution is -2.41. The molecule has 0 spiro atoms. The van der Waals surface area contributed by atoms with Gasteiger partial charge in [0.2, 0.25) is 23.6 Å².